The normalized spacial score (nSPS) is 44.3. The maximum absolute atomic E-state index is 9.34. The third-order valence-electron chi connectivity index (χ3n) is 2.88. The molecule has 0 aromatic heterocycles. The Labute approximate surface area is 78.6 Å². The fourth-order valence-electron chi connectivity index (χ4n) is 2.29. The van der Waals surface area contributed by atoms with E-state index in [0.29, 0.717) is 0 Å². The van der Waals surface area contributed by atoms with E-state index in [9.17, 15) is 3.44 Å². The first-order valence-electron chi connectivity index (χ1n) is 4.42. The average molecular weight is 268 g/mol. The quantitative estimate of drug-likeness (QED) is 0.328. The second-order valence-electron chi connectivity index (χ2n) is 3.68. The zero-order chi connectivity index (χ0) is 7.73. The van der Waals surface area contributed by atoms with Crippen molar-refractivity contribution in [3.05, 3.63) is 0 Å². The van der Waals surface area contributed by atoms with Crippen LogP contribution >= 0.6 is 0 Å². The number of piperidine rings is 2. The minimum atomic E-state index is -0.588. The van der Waals surface area contributed by atoms with Gasteiger partial charge < -0.3 is 0 Å². The van der Waals surface area contributed by atoms with E-state index in [-0.39, 0.29) is 3.55 Å². The Hall–Kier alpha value is 0.650. The Morgan fingerprint density at radius 2 is 1.91 bits per heavy atom. The summed E-state index contributed by atoms with van der Waals surface area (Å²) in [7, 11) is 0. The van der Waals surface area contributed by atoms with Crippen molar-refractivity contribution in [1.82, 2.24) is 5.32 Å². The molecule has 0 radical (unpaired) electrons. The van der Waals surface area contributed by atoms with Crippen LogP contribution in [-0.4, -0.2) is 13.0 Å². The van der Waals surface area contributed by atoms with Gasteiger partial charge in [-0.3, -0.25) is 0 Å². The van der Waals surface area contributed by atoms with Crippen LogP contribution in [0.3, 0.4) is 0 Å². The molecule has 0 aromatic rings. The van der Waals surface area contributed by atoms with Gasteiger partial charge in [0.2, 0.25) is 0 Å². The summed E-state index contributed by atoms with van der Waals surface area (Å²) in [5, 5.41) is 3.61. The van der Waals surface area contributed by atoms with E-state index >= 15 is 0 Å². The van der Waals surface area contributed by atoms with Crippen LogP contribution in [0.2, 0.25) is 0 Å². The topological polar surface area (TPSA) is 32.3 Å². The van der Waals surface area contributed by atoms with Crippen LogP contribution in [0, 0.1) is 0 Å². The number of hydrogen-bond acceptors (Lipinski definition) is 2. The molecule has 0 amide bonds. The number of alkyl halides is 1. The molecule has 2 rings (SSSR count). The summed E-state index contributed by atoms with van der Waals surface area (Å²) in [6.45, 7) is 0. The van der Waals surface area contributed by atoms with Crippen LogP contribution in [0.1, 0.15) is 38.5 Å². The molecule has 66 valence electrons. The summed E-state index contributed by atoms with van der Waals surface area (Å²) in [5.74, 6) is 0. The van der Waals surface area contributed by atoms with Crippen molar-refractivity contribution >= 4 is 0 Å². The number of hydrogen-bond donors (Lipinski definition) is 2. The van der Waals surface area contributed by atoms with Crippen molar-refractivity contribution in [2.75, 3.05) is 0 Å². The molecule has 2 saturated heterocycles. The van der Waals surface area contributed by atoms with Crippen LogP contribution in [0.15, 0.2) is 0 Å². The van der Waals surface area contributed by atoms with Gasteiger partial charge >= 0.3 is 78.5 Å². The summed E-state index contributed by atoms with van der Waals surface area (Å²) >= 11 is -0.588. The van der Waals surface area contributed by atoms with Gasteiger partial charge in [-0.05, 0) is 0 Å². The zero-order valence-electron chi connectivity index (χ0n) is 6.65. The minimum absolute atomic E-state index is 0.236. The predicted molar refractivity (Wildman–Crippen MR) is 39.6 cm³/mol. The van der Waals surface area contributed by atoms with E-state index < -0.39 is 21.6 Å². The van der Waals surface area contributed by atoms with Crippen molar-refractivity contribution in [1.29, 1.82) is 0 Å². The summed E-state index contributed by atoms with van der Waals surface area (Å²) in [6.07, 6.45) is 7.80. The van der Waals surface area contributed by atoms with Gasteiger partial charge in [-0.15, -0.1) is 0 Å². The summed E-state index contributed by atoms with van der Waals surface area (Å²) in [5.41, 5.74) is 0. The third kappa shape index (κ3) is 1.55. The second-order valence-corrected chi connectivity index (χ2v) is 6.22. The van der Waals surface area contributed by atoms with Crippen LogP contribution in [-0.2, 0) is 0 Å². The Morgan fingerprint density at radius 3 is 2.36 bits per heavy atom. The molecule has 0 atom stereocenters. The van der Waals surface area contributed by atoms with Gasteiger partial charge in [0, 0.05) is 0 Å². The molecule has 0 saturated carbocycles. The van der Waals surface area contributed by atoms with E-state index in [1.807, 2.05) is 0 Å². The van der Waals surface area contributed by atoms with Crippen molar-refractivity contribution in [3.63, 3.8) is 0 Å². The molecule has 0 aromatic carbocycles. The van der Waals surface area contributed by atoms with Gasteiger partial charge in [0.1, 0.15) is 0 Å². The second kappa shape index (κ2) is 3.18. The number of halogens is 1. The van der Waals surface area contributed by atoms with E-state index in [2.05, 4.69) is 5.32 Å². The van der Waals surface area contributed by atoms with Gasteiger partial charge in [-0.1, -0.05) is 0 Å². The van der Waals surface area contributed by atoms with Crippen molar-refractivity contribution in [2.24, 2.45) is 0 Å². The maximum atomic E-state index is 9.34. The zero-order valence-corrected chi connectivity index (χ0v) is 8.80. The van der Waals surface area contributed by atoms with Gasteiger partial charge in [-0.25, -0.2) is 0 Å². The number of fused-ring (bicyclic) bond motifs is 2. The van der Waals surface area contributed by atoms with Crippen LogP contribution in [0.5, 0.6) is 0 Å². The summed E-state index contributed by atoms with van der Waals surface area (Å²) in [4.78, 5) is 0. The molecule has 0 unspecified atom stereocenters. The van der Waals surface area contributed by atoms with Crippen molar-refractivity contribution < 1.29 is 25.1 Å². The molecule has 2 N–H and O–H groups in total. The van der Waals surface area contributed by atoms with Crippen molar-refractivity contribution in [3.8, 4) is 0 Å². The van der Waals surface area contributed by atoms with Gasteiger partial charge in [0.05, 0.1) is 0 Å². The Morgan fingerprint density at radius 1 is 1.27 bits per heavy atom. The molecule has 2 heterocycles. The molecule has 2 bridgehead atoms. The molecular formula is C8H15INO-. The average Bonchev–Trinajstić information content (AvgIpc) is 2.05. The fraction of sp³-hybridized carbons (Fsp3) is 1.00. The van der Waals surface area contributed by atoms with Crippen LogP contribution in [0.25, 0.3) is 0 Å². The summed E-state index contributed by atoms with van der Waals surface area (Å²) < 4.78 is 9.58. The first-order chi connectivity index (χ1) is 5.35. The third-order valence-corrected chi connectivity index (χ3v) is 5.19. The number of nitrogens with one attached hydrogen (secondary N) is 1. The van der Waals surface area contributed by atoms with Gasteiger partial charge in [-0.2, -0.15) is 0 Å². The Balaban J connectivity index is 2.07. The predicted octanol–water partition coefficient (Wildman–Crippen LogP) is -1.99. The molecule has 0 aliphatic carbocycles. The van der Waals surface area contributed by atoms with Crippen LogP contribution < -0.4 is 26.9 Å². The van der Waals surface area contributed by atoms with Gasteiger partial charge in [0.15, 0.2) is 0 Å². The Bertz CT molecular complexity index is 141. The van der Waals surface area contributed by atoms with E-state index in [1.54, 1.807) is 0 Å². The molecule has 11 heavy (non-hydrogen) atoms. The first kappa shape index (κ1) is 8.26. The van der Waals surface area contributed by atoms with E-state index in [4.69, 9.17) is 0 Å². The van der Waals surface area contributed by atoms with E-state index in [0.717, 1.165) is 6.04 Å². The Kier molecular flexibility index (Phi) is 2.39. The van der Waals surface area contributed by atoms with Gasteiger partial charge in [0.25, 0.3) is 0 Å². The monoisotopic (exact) mass is 268 g/mol. The molecule has 2 fully saturated rings. The SMILES string of the molecule is O[I-]C12CCCC(CCC1)N2. The molecule has 3 heteroatoms. The molecule has 2 aliphatic rings. The first-order valence-corrected chi connectivity index (χ1v) is 6.46. The molecule has 2 nitrogen and oxygen atoms in total. The molecular weight excluding hydrogens is 253 g/mol. The molecule has 2 aliphatic heterocycles. The van der Waals surface area contributed by atoms with Crippen LogP contribution in [0.4, 0.5) is 0 Å². The standard InChI is InChI=1S/C8H15INO/c11-9-8-5-1-3-7(10-8)4-2-6-8/h7,10-11H,1-6H2/q-1. The van der Waals surface area contributed by atoms with Crippen molar-refractivity contribution in [2.45, 2.75) is 48.1 Å². The fourth-order valence-corrected chi connectivity index (χ4v) is 4.11. The van der Waals surface area contributed by atoms with E-state index in [1.165, 1.54) is 38.5 Å². The summed E-state index contributed by atoms with van der Waals surface area (Å²) in [6, 6.07) is 0.740. The molecule has 0 spiro atoms. The number of rotatable bonds is 1.